The van der Waals surface area contributed by atoms with E-state index in [1.54, 1.807) is 19.3 Å². The third-order valence-corrected chi connectivity index (χ3v) is 5.53. The zero-order valence-electron chi connectivity index (χ0n) is 19.1. The lowest BCUT2D eigenvalue weighted by Crippen LogP contribution is -2.41. The molecule has 0 aliphatic carbocycles. The SMILES string of the molecule is CN(C(=O)OC(C)(C)C)c1ccc(-c2ccc(B3OC(C)(C)C(C)(C)O3)cc2)cn1. The van der Waals surface area contributed by atoms with Gasteiger partial charge in [0, 0.05) is 18.8 Å². The lowest BCUT2D eigenvalue weighted by molar-refractivity contribution is 0.00578. The van der Waals surface area contributed by atoms with E-state index in [9.17, 15) is 4.79 Å². The van der Waals surface area contributed by atoms with Crippen molar-refractivity contribution in [1.82, 2.24) is 4.98 Å². The van der Waals surface area contributed by atoms with E-state index in [0.717, 1.165) is 16.6 Å². The van der Waals surface area contributed by atoms with E-state index in [4.69, 9.17) is 14.0 Å². The number of aromatic nitrogens is 1. The molecule has 7 heteroatoms. The fraction of sp³-hybridized carbons (Fsp3) is 0.478. The topological polar surface area (TPSA) is 60.9 Å². The second-order valence-corrected chi connectivity index (χ2v) is 9.65. The molecule has 6 nitrogen and oxygen atoms in total. The summed E-state index contributed by atoms with van der Waals surface area (Å²) in [6.07, 6.45) is 1.31. The zero-order chi connectivity index (χ0) is 22.3. The molecular formula is C23H31BN2O4. The van der Waals surface area contributed by atoms with E-state index in [0.29, 0.717) is 5.82 Å². The van der Waals surface area contributed by atoms with Crippen LogP contribution in [0.2, 0.25) is 0 Å². The van der Waals surface area contributed by atoms with E-state index in [1.165, 1.54) is 4.90 Å². The van der Waals surface area contributed by atoms with Crippen molar-refractivity contribution in [3.8, 4) is 11.1 Å². The lowest BCUT2D eigenvalue weighted by atomic mass is 9.78. The Morgan fingerprint density at radius 1 is 0.967 bits per heavy atom. The number of hydrogen-bond acceptors (Lipinski definition) is 5. The van der Waals surface area contributed by atoms with Crippen molar-refractivity contribution in [2.45, 2.75) is 65.3 Å². The summed E-state index contributed by atoms with van der Waals surface area (Å²) in [5.74, 6) is 0.529. The van der Waals surface area contributed by atoms with Gasteiger partial charge >= 0.3 is 13.2 Å². The van der Waals surface area contributed by atoms with Crippen LogP contribution in [0, 0.1) is 0 Å². The molecule has 0 spiro atoms. The summed E-state index contributed by atoms with van der Waals surface area (Å²) in [5.41, 5.74) is 1.68. The van der Waals surface area contributed by atoms with Gasteiger partial charge in [-0.15, -0.1) is 0 Å². The minimum Gasteiger partial charge on any atom is -0.443 e. The summed E-state index contributed by atoms with van der Waals surface area (Å²) in [6.45, 7) is 13.7. The van der Waals surface area contributed by atoms with Gasteiger partial charge in [0.2, 0.25) is 0 Å². The van der Waals surface area contributed by atoms with Gasteiger partial charge in [-0.1, -0.05) is 24.3 Å². The Labute approximate surface area is 179 Å². The van der Waals surface area contributed by atoms with Gasteiger partial charge in [0.1, 0.15) is 11.4 Å². The van der Waals surface area contributed by atoms with Crippen LogP contribution in [0.4, 0.5) is 10.6 Å². The average Bonchev–Trinajstić information content (AvgIpc) is 2.87. The molecule has 1 aliphatic rings. The van der Waals surface area contributed by atoms with Gasteiger partial charge in [0.05, 0.1) is 11.2 Å². The molecule has 0 bridgehead atoms. The van der Waals surface area contributed by atoms with Crippen LogP contribution in [-0.2, 0) is 14.0 Å². The maximum absolute atomic E-state index is 12.2. The number of carbonyl (C=O) groups is 1. The smallest absolute Gasteiger partial charge is 0.443 e. The second-order valence-electron chi connectivity index (χ2n) is 9.65. The van der Waals surface area contributed by atoms with Crippen LogP contribution >= 0.6 is 0 Å². The van der Waals surface area contributed by atoms with Crippen LogP contribution in [0.1, 0.15) is 48.5 Å². The van der Waals surface area contributed by atoms with Crippen molar-refractivity contribution in [1.29, 1.82) is 0 Å². The number of anilines is 1. The highest BCUT2D eigenvalue weighted by Crippen LogP contribution is 2.36. The quantitative estimate of drug-likeness (QED) is 0.702. The molecule has 1 fully saturated rings. The average molecular weight is 410 g/mol. The number of ether oxygens (including phenoxy) is 1. The van der Waals surface area contributed by atoms with Crippen LogP contribution in [0.5, 0.6) is 0 Å². The molecule has 160 valence electrons. The Bertz CT molecular complexity index is 886. The van der Waals surface area contributed by atoms with E-state index in [1.807, 2.05) is 78.8 Å². The minimum absolute atomic E-state index is 0.365. The van der Waals surface area contributed by atoms with E-state index in [-0.39, 0.29) is 18.3 Å². The third kappa shape index (κ3) is 4.68. The highest BCUT2D eigenvalue weighted by molar-refractivity contribution is 6.62. The molecule has 3 rings (SSSR count). The first-order chi connectivity index (χ1) is 13.8. The van der Waals surface area contributed by atoms with Crippen molar-refractivity contribution in [2.75, 3.05) is 11.9 Å². The Hall–Kier alpha value is -2.38. The van der Waals surface area contributed by atoms with Crippen molar-refractivity contribution in [3.05, 3.63) is 42.6 Å². The van der Waals surface area contributed by atoms with Crippen LogP contribution in [0.25, 0.3) is 11.1 Å². The number of hydrogen-bond donors (Lipinski definition) is 0. The fourth-order valence-corrected chi connectivity index (χ4v) is 2.99. The molecule has 1 amide bonds. The molecule has 0 radical (unpaired) electrons. The first-order valence-electron chi connectivity index (χ1n) is 10.2. The Balaban J connectivity index is 1.71. The maximum Gasteiger partial charge on any atom is 0.494 e. The van der Waals surface area contributed by atoms with E-state index in [2.05, 4.69) is 4.98 Å². The number of rotatable bonds is 3. The molecule has 1 aliphatic heterocycles. The Morgan fingerprint density at radius 3 is 1.97 bits per heavy atom. The highest BCUT2D eigenvalue weighted by atomic mass is 16.7. The second kappa shape index (κ2) is 7.71. The number of carbonyl (C=O) groups excluding carboxylic acids is 1. The van der Waals surface area contributed by atoms with Gasteiger partial charge in [0.25, 0.3) is 0 Å². The van der Waals surface area contributed by atoms with Gasteiger partial charge in [-0.2, -0.15) is 0 Å². The maximum atomic E-state index is 12.2. The molecule has 0 unspecified atom stereocenters. The summed E-state index contributed by atoms with van der Waals surface area (Å²) in [5, 5.41) is 0. The van der Waals surface area contributed by atoms with Crippen molar-refractivity contribution < 1.29 is 18.8 Å². The summed E-state index contributed by atoms with van der Waals surface area (Å²) < 4.78 is 17.6. The van der Waals surface area contributed by atoms with Crippen molar-refractivity contribution >= 4 is 24.5 Å². The molecule has 1 aromatic carbocycles. The summed E-state index contributed by atoms with van der Waals surface area (Å²) in [6, 6.07) is 11.8. The molecule has 0 saturated carbocycles. The number of nitrogens with zero attached hydrogens (tertiary/aromatic N) is 2. The van der Waals surface area contributed by atoms with Crippen LogP contribution in [0.15, 0.2) is 42.6 Å². The molecule has 2 heterocycles. The molecule has 30 heavy (non-hydrogen) atoms. The van der Waals surface area contributed by atoms with Crippen LogP contribution in [-0.4, -0.2) is 42.0 Å². The standard InChI is InChI=1S/C23H31BN2O4/c1-21(2,3)28-20(27)26(8)19-14-11-17(15-25-19)16-9-12-18(13-10-16)24-29-22(4,5)23(6,7)30-24/h9-15H,1-8H3. The first-order valence-corrected chi connectivity index (χ1v) is 10.2. The highest BCUT2D eigenvalue weighted by Gasteiger charge is 2.51. The number of benzene rings is 1. The first kappa shape index (κ1) is 22.3. The summed E-state index contributed by atoms with van der Waals surface area (Å²) >= 11 is 0. The van der Waals surface area contributed by atoms with Gasteiger partial charge < -0.3 is 14.0 Å². The van der Waals surface area contributed by atoms with Gasteiger partial charge in [-0.25, -0.2) is 9.78 Å². The fourth-order valence-electron chi connectivity index (χ4n) is 2.99. The summed E-state index contributed by atoms with van der Waals surface area (Å²) in [4.78, 5) is 18.0. The Kier molecular flexibility index (Phi) is 5.73. The Morgan fingerprint density at radius 2 is 1.50 bits per heavy atom. The van der Waals surface area contributed by atoms with Gasteiger partial charge in [0.15, 0.2) is 0 Å². The minimum atomic E-state index is -0.551. The predicted octanol–water partition coefficient (Wildman–Crippen LogP) is 4.42. The predicted molar refractivity (Wildman–Crippen MR) is 120 cm³/mol. The number of amides is 1. The molecule has 2 aromatic rings. The normalized spacial score (nSPS) is 17.7. The van der Waals surface area contributed by atoms with Gasteiger partial charge in [-0.3, -0.25) is 4.90 Å². The van der Waals surface area contributed by atoms with Crippen molar-refractivity contribution in [3.63, 3.8) is 0 Å². The van der Waals surface area contributed by atoms with Crippen LogP contribution < -0.4 is 10.4 Å². The third-order valence-electron chi connectivity index (χ3n) is 5.53. The van der Waals surface area contributed by atoms with E-state index >= 15 is 0 Å². The molecule has 1 saturated heterocycles. The van der Waals surface area contributed by atoms with E-state index < -0.39 is 11.7 Å². The van der Waals surface area contributed by atoms with Crippen molar-refractivity contribution in [2.24, 2.45) is 0 Å². The number of pyridine rings is 1. The molecule has 0 N–H and O–H groups in total. The largest absolute Gasteiger partial charge is 0.494 e. The summed E-state index contributed by atoms with van der Waals surface area (Å²) in [7, 11) is 1.27. The van der Waals surface area contributed by atoms with Gasteiger partial charge in [-0.05, 0) is 71.6 Å². The molecule has 1 aromatic heterocycles. The van der Waals surface area contributed by atoms with Crippen LogP contribution in [0.3, 0.4) is 0 Å². The molecular weight excluding hydrogens is 379 g/mol. The molecule has 0 atom stereocenters. The zero-order valence-corrected chi connectivity index (χ0v) is 19.1. The lowest BCUT2D eigenvalue weighted by Gasteiger charge is -2.32. The monoisotopic (exact) mass is 410 g/mol.